The molecule has 39 heavy (non-hydrogen) atoms. The number of nitrogens with one attached hydrogen (secondary N) is 1. The van der Waals surface area contributed by atoms with E-state index in [9.17, 15) is 0 Å². The van der Waals surface area contributed by atoms with Crippen molar-refractivity contribution < 1.29 is 0 Å². The Labute approximate surface area is 232 Å². The largest absolute Gasteiger partial charge is 0.354 e. The molecular formula is C36H21NS2. The van der Waals surface area contributed by atoms with Crippen molar-refractivity contribution >= 4 is 84.8 Å². The maximum Gasteiger partial charge on any atom is 0.0551 e. The van der Waals surface area contributed by atoms with E-state index in [4.69, 9.17) is 0 Å². The van der Waals surface area contributed by atoms with Crippen molar-refractivity contribution in [2.75, 3.05) is 0 Å². The van der Waals surface area contributed by atoms with Crippen molar-refractivity contribution in [3.05, 3.63) is 121 Å². The van der Waals surface area contributed by atoms with Crippen LogP contribution in [0.15, 0.2) is 121 Å². The van der Waals surface area contributed by atoms with Gasteiger partial charge in [0, 0.05) is 73.3 Å². The summed E-state index contributed by atoms with van der Waals surface area (Å²) in [6.07, 6.45) is 0. The van der Waals surface area contributed by atoms with Gasteiger partial charge in [-0.2, -0.15) is 0 Å². The normalized spacial score (nSPS) is 12.1. The van der Waals surface area contributed by atoms with Gasteiger partial charge in [0.1, 0.15) is 0 Å². The van der Waals surface area contributed by atoms with E-state index in [0.717, 1.165) is 0 Å². The summed E-state index contributed by atoms with van der Waals surface area (Å²) in [4.78, 5) is 3.84. The molecule has 0 amide bonds. The third-order valence-electron chi connectivity index (χ3n) is 8.05. The smallest absolute Gasteiger partial charge is 0.0551 e. The first kappa shape index (κ1) is 21.5. The minimum Gasteiger partial charge on any atom is -0.354 e. The molecule has 0 aliphatic heterocycles. The van der Waals surface area contributed by atoms with E-state index in [1.807, 2.05) is 22.7 Å². The number of H-pyrrole nitrogens is 1. The van der Waals surface area contributed by atoms with E-state index in [1.165, 1.54) is 84.4 Å². The summed E-state index contributed by atoms with van der Waals surface area (Å²) in [6, 6.07) is 44.5. The number of thiophene rings is 2. The Morgan fingerprint density at radius 3 is 1.67 bits per heavy atom. The van der Waals surface area contributed by atoms with E-state index in [2.05, 4.69) is 126 Å². The first-order chi connectivity index (χ1) is 19.3. The van der Waals surface area contributed by atoms with Crippen molar-refractivity contribution in [2.45, 2.75) is 0 Å². The van der Waals surface area contributed by atoms with Crippen LogP contribution in [0.2, 0.25) is 0 Å². The Kier molecular flexibility index (Phi) is 4.43. The summed E-state index contributed by atoms with van der Waals surface area (Å²) in [5.41, 5.74) is 7.52. The number of para-hydroxylation sites is 1. The average Bonchev–Trinajstić information content (AvgIpc) is 3.68. The average molecular weight is 532 g/mol. The van der Waals surface area contributed by atoms with Crippen LogP contribution in [0, 0.1) is 0 Å². The van der Waals surface area contributed by atoms with Crippen LogP contribution >= 0.6 is 22.7 Å². The van der Waals surface area contributed by atoms with Crippen LogP contribution in [-0.2, 0) is 0 Å². The van der Waals surface area contributed by atoms with Crippen LogP contribution in [0.4, 0.5) is 0 Å². The minimum atomic E-state index is 1.18. The molecule has 3 heterocycles. The van der Waals surface area contributed by atoms with E-state index in [1.54, 1.807) is 0 Å². The van der Waals surface area contributed by atoms with Gasteiger partial charge in [0.25, 0.3) is 0 Å². The Bertz CT molecular complexity index is 2400. The topological polar surface area (TPSA) is 15.8 Å². The zero-order chi connectivity index (χ0) is 25.5. The Balaban J connectivity index is 1.46. The van der Waals surface area contributed by atoms with Crippen LogP contribution in [-0.4, -0.2) is 4.98 Å². The zero-order valence-corrected chi connectivity index (χ0v) is 22.5. The second-order valence-corrected chi connectivity index (χ2v) is 12.2. The van der Waals surface area contributed by atoms with Gasteiger partial charge in [-0.25, -0.2) is 0 Å². The molecule has 6 aromatic carbocycles. The number of aromatic nitrogens is 1. The van der Waals surface area contributed by atoms with E-state index in [0.29, 0.717) is 0 Å². The lowest BCUT2D eigenvalue weighted by Crippen LogP contribution is -1.88. The second-order valence-electron chi connectivity index (χ2n) is 10.1. The van der Waals surface area contributed by atoms with Gasteiger partial charge in [-0.15, -0.1) is 22.7 Å². The number of hydrogen-bond acceptors (Lipinski definition) is 2. The third kappa shape index (κ3) is 3.00. The zero-order valence-electron chi connectivity index (χ0n) is 20.9. The van der Waals surface area contributed by atoms with Gasteiger partial charge in [-0.3, -0.25) is 0 Å². The van der Waals surface area contributed by atoms with Crippen LogP contribution in [0.25, 0.3) is 84.4 Å². The van der Waals surface area contributed by atoms with Gasteiger partial charge < -0.3 is 4.98 Å². The predicted octanol–water partition coefficient (Wildman–Crippen LogP) is 11.4. The van der Waals surface area contributed by atoms with Crippen LogP contribution in [0.3, 0.4) is 0 Å². The minimum absolute atomic E-state index is 1.18. The molecule has 0 saturated carbocycles. The molecular weight excluding hydrogens is 511 g/mol. The molecule has 0 saturated heterocycles. The van der Waals surface area contributed by atoms with Crippen LogP contribution in [0.1, 0.15) is 0 Å². The number of fused-ring (bicyclic) bond motifs is 9. The molecule has 0 bridgehead atoms. The number of aromatic amines is 1. The number of rotatable bonds is 2. The fraction of sp³-hybridized carbons (Fsp3) is 0. The van der Waals surface area contributed by atoms with Crippen LogP contribution < -0.4 is 0 Å². The first-order valence-corrected chi connectivity index (χ1v) is 14.8. The molecule has 0 aliphatic carbocycles. The highest BCUT2D eigenvalue weighted by molar-refractivity contribution is 7.26. The van der Waals surface area contributed by atoms with Gasteiger partial charge in [-0.05, 0) is 23.8 Å². The lowest BCUT2D eigenvalue weighted by atomic mass is 9.91. The fourth-order valence-electron chi connectivity index (χ4n) is 6.33. The molecule has 182 valence electrons. The molecule has 0 unspecified atom stereocenters. The molecule has 0 radical (unpaired) electrons. The summed E-state index contributed by atoms with van der Waals surface area (Å²) in [6.45, 7) is 0. The summed E-state index contributed by atoms with van der Waals surface area (Å²) < 4.78 is 5.35. The SMILES string of the molecule is c1ccc2c(c1)[nH]c1c(-c3cccc4c3sc3ccccc34)c(-c3cccc4c3sc3ccccc34)ccc12. The summed E-state index contributed by atoms with van der Waals surface area (Å²) in [7, 11) is 0. The highest BCUT2D eigenvalue weighted by Crippen LogP contribution is 2.48. The van der Waals surface area contributed by atoms with E-state index >= 15 is 0 Å². The van der Waals surface area contributed by atoms with Crippen molar-refractivity contribution in [1.82, 2.24) is 4.98 Å². The summed E-state index contributed by atoms with van der Waals surface area (Å²) >= 11 is 3.80. The molecule has 0 spiro atoms. The van der Waals surface area contributed by atoms with Gasteiger partial charge in [-0.1, -0.05) is 103 Å². The Morgan fingerprint density at radius 1 is 0.385 bits per heavy atom. The molecule has 3 aromatic heterocycles. The van der Waals surface area contributed by atoms with Crippen molar-refractivity contribution in [3.8, 4) is 22.3 Å². The van der Waals surface area contributed by atoms with Gasteiger partial charge in [0.15, 0.2) is 0 Å². The lowest BCUT2D eigenvalue weighted by molar-refractivity contribution is 1.54. The molecule has 1 N–H and O–H groups in total. The molecule has 3 heteroatoms. The number of hydrogen-bond donors (Lipinski definition) is 1. The lowest BCUT2D eigenvalue weighted by Gasteiger charge is -2.14. The molecule has 0 fully saturated rings. The van der Waals surface area contributed by atoms with Gasteiger partial charge in [0.2, 0.25) is 0 Å². The summed E-state index contributed by atoms with van der Waals surface area (Å²) in [5, 5.41) is 7.86. The fourth-order valence-corrected chi connectivity index (χ4v) is 8.78. The highest BCUT2D eigenvalue weighted by atomic mass is 32.1. The van der Waals surface area contributed by atoms with E-state index in [-0.39, 0.29) is 0 Å². The van der Waals surface area contributed by atoms with Gasteiger partial charge >= 0.3 is 0 Å². The molecule has 9 aromatic rings. The van der Waals surface area contributed by atoms with E-state index < -0.39 is 0 Å². The predicted molar refractivity (Wildman–Crippen MR) is 172 cm³/mol. The van der Waals surface area contributed by atoms with Crippen molar-refractivity contribution in [1.29, 1.82) is 0 Å². The van der Waals surface area contributed by atoms with Crippen LogP contribution in [0.5, 0.6) is 0 Å². The molecule has 1 nitrogen and oxygen atoms in total. The standard InChI is InChI=1S/C36H21NS2/c1-4-16-30-21(9-1)25-20-19-24(28-14-7-12-26-22-10-2-5-17-31(22)38-35(26)28)33(34(25)37-30)29-15-8-13-27-23-11-3-6-18-32(23)39-36(27)29/h1-20,37H. The third-order valence-corrected chi connectivity index (χ3v) is 10.5. The number of benzene rings is 6. The maximum absolute atomic E-state index is 3.84. The quantitative estimate of drug-likeness (QED) is 0.228. The van der Waals surface area contributed by atoms with Gasteiger partial charge in [0.05, 0.1) is 5.52 Å². The highest BCUT2D eigenvalue weighted by Gasteiger charge is 2.21. The maximum atomic E-state index is 3.84. The molecule has 0 atom stereocenters. The molecule has 0 aliphatic rings. The first-order valence-electron chi connectivity index (χ1n) is 13.2. The Hall–Kier alpha value is -4.44. The second kappa shape index (κ2) is 8.03. The van der Waals surface area contributed by atoms with Crippen molar-refractivity contribution in [3.63, 3.8) is 0 Å². The monoisotopic (exact) mass is 531 g/mol. The summed E-state index contributed by atoms with van der Waals surface area (Å²) in [5.74, 6) is 0. The Morgan fingerprint density at radius 2 is 0.949 bits per heavy atom. The molecule has 9 rings (SSSR count). The van der Waals surface area contributed by atoms with Crippen molar-refractivity contribution in [2.24, 2.45) is 0 Å².